The summed E-state index contributed by atoms with van der Waals surface area (Å²) in [6.07, 6.45) is 1.56. The van der Waals surface area contributed by atoms with E-state index in [0.29, 0.717) is 24.5 Å². The van der Waals surface area contributed by atoms with Gasteiger partial charge in [-0.3, -0.25) is 9.59 Å². The Labute approximate surface area is 221 Å². The molecule has 2 N–H and O–H groups in total. The first kappa shape index (κ1) is 25.7. The molecule has 0 aromatic heterocycles. The zero-order valence-corrected chi connectivity index (χ0v) is 21.6. The van der Waals surface area contributed by atoms with Crippen LogP contribution in [0, 0.1) is 0 Å². The summed E-state index contributed by atoms with van der Waals surface area (Å²) in [5.41, 5.74) is 1.71. The number of hydrazine groups is 1. The Balaban J connectivity index is 1.39. The van der Waals surface area contributed by atoms with Gasteiger partial charge in [0.15, 0.2) is 11.5 Å². The van der Waals surface area contributed by atoms with Crippen molar-refractivity contribution in [1.29, 1.82) is 0 Å². The maximum absolute atomic E-state index is 13.7. The molecule has 2 fully saturated rings. The number of amides is 4. The molecule has 202 valence electrons. The number of urea groups is 1. The average Bonchev–Trinajstić information content (AvgIpc) is 3.36. The fraction of sp³-hybridized carbons (Fsp3) is 0.444. The molecule has 2 aromatic carbocycles. The van der Waals surface area contributed by atoms with Crippen LogP contribution >= 0.6 is 0 Å². The Morgan fingerprint density at radius 3 is 2.58 bits per heavy atom. The molecule has 3 heterocycles. The van der Waals surface area contributed by atoms with E-state index in [0.717, 1.165) is 24.0 Å². The van der Waals surface area contributed by atoms with Gasteiger partial charge in [0.05, 0.1) is 13.1 Å². The maximum atomic E-state index is 13.7. The molecule has 0 spiro atoms. The highest BCUT2D eigenvalue weighted by atomic mass is 16.7. The first-order valence-electron chi connectivity index (χ1n) is 12.9. The Hall–Kier alpha value is -3.99. The Kier molecular flexibility index (Phi) is 7.28. The lowest BCUT2D eigenvalue weighted by atomic mass is 10.0. The highest BCUT2D eigenvalue weighted by Gasteiger charge is 2.50. The van der Waals surface area contributed by atoms with Gasteiger partial charge in [-0.2, -0.15) is 0 Å². The highest BCUT2D eigenvalue weighted by Crippen LogP contribution is 2.34. The number of unbranched alkanes of at least 4 members (excludes halogenated alkanes) is 1. The van der Waals surface area contributed by atoms with E-state index < -0.39 is 12.2 Å². The van der Waals surface area contributed by atoms with Crippen LogP contribution in [0.3, 0.4) is 0 Å². The van der Waals surface area contributed by atoms with Gasteiger partial charge in [0.25, 0.3) is 0 Å². The molecule has 3 aliphatic heterocycles. The third-order valence-corrected chi connectivity index (χ3v) is 7.17. The topological polar surface area (TPSA) is 115 Å². The largest absolute Gasteiger partial charge is 0.508 e. The molecule has 0 bridgehead atoms. The van der Waals surface area contributed by atoms with Gasteiger partial charge in [0.1, 0.15) is 18.0 Å². The van der Waals surface area contributed by atoms with Gasteiger partial charge >= 0.3 is 6.03 Å². The number of likely N-dealkylation sites (N-methyl/N-ethyl adjacent to an activating group) is 1. The number of phenolic OH excluding ortho intramolecular Hbond substituents is 1. The van der Waals surface area contributed by atoms with E-state index in [-0.39, 0.29) is 50.0 Å². The van der Waals surface area contributed by atoms with Gasteiger partial charge in [-0.25, -0.2) is 14.8 Å². The van der Waals surface area contributed by atoms with Crippen LogP contribution < -0.4 is 14.8 Å². The smallest absolute Gasteiger partial charge is 0.334 e. The van der Waals surface area contributed by atoms with Crippen LogP contribution in [-0.2, 0) is 22.7 Å². The quantitative estimate of drug-likeness (QED) is 0.572. The number of rotatable bonds is 7. The Morgan fingerprint density at radius 1 is 1.08 bits per heavy atom. The summed E-state index contributed by atoms with van der Waals surface area (Å²) >= 11 is 0. The predicted octanol–water partition coefficient (Wildman–Crippen LogP) is 2.25. The van der Waals surface area contributed by atoms with Crippen molar-refractivity contribution in [2.24, 2.45) is 0 Å². The van der Waals surface area contributed by atoms with E-state index in [4.69, 9.17) is 9.47 Å². The average molecular weight is 524 g/mol. The molecule has 11 nitrogen and oxygen atoms in total. The number of piperazine rings is 1. The summed E-state index contributed by atoms with van der Waals surface area (Å²) in [6, 6.07) is 11.2. The van der Waals surface area contributed by atoms with Crippen molar-refractivity contribution < 1.29 is 29.0 Å². The van der Waals surface area contributed by atoms with Gasteiger partial charge in [-0.15, -0.1) is 0 Å². The Morgan fingerprint density at radius 2 is 1.82 bits per heavy atom. The molecule has 3 aliphatic rings. The molecule has 2 saturated heterocycles. The van der Waals surface area contributed by atoms with Crippen molar-refractivity contribution in [2.45, 2.75) is 51.5 Å². The van der Waals surface area contributed by atoms with E-state index >= 15 is 0 Å². The van der Waals surface area contributed by atoms with Crippen LogP contribution in [0.1, 0.15) is 37.3 Å². The minimum atomic E-state index is -0.644. The maximum Gasteiger partial charge on any atom is 0.334 e. The number of aromatic hydroxyl groups is 1. The fourth-order valence-electron chi connectivity index (χ4n) is 5.25. The number of nitrogens with one attached hydrogen (secondary N) is 1. The number of benzene rings is 2. The molecule has 0 aliphatic carbocycles. The second-order valence-electron chi connectivity index (χ2n) is 9.83. The molecule has 0 radical (unpaired) electrons. The van der Waals surface area contributed by atoms with Crippen molar-refractivity contribution in [3.63, 3.8) is 0 Å². The number of nitrogens with zero attached hydrogens (tertiary/aromatic N) is 4. The van der Waals surface area contributed by atoms with Crippen LogP contribution in [-0.4, -0.2) is 81.9 Å². The number of phenols is 1. The number of fused-ring (bicyclic) bond motifs is 2. The predicted molar refractivity (Wildman–Crippen MR) is 137 cm³/mol. The summed E-state index contributed by atoms with van der Waals surface area (Å²) in [5.74, 6) is 1.17. The SMILES string of the molecule is CCCC[C@H]1C(=O)N(Cc2ccc3c(c2)OCO3)CC2N1C(=O)CN(C)N2C(=O)NCc1ccc(O)cc1. The van der Waals surface area contributed by atoms with Gasteiger partial charge in [0, 0.05) is 20.1 Å². The molecule has 1 unspecified atom stereocenters. The van der Waals surface area contributed by atoms with Crippen LogP contribution in [0.4, 0.5) is 4.79 Å². The summed E-state index contributed by atoms with van der Waals surface area (Å²) in [6.45, 7) is 2.97. The van der Waals surface area contributed by atoms with Crippen LogP contribution in [0.2, 0.25) is 0 Å². The molecule has 2 atom stereocenters. The molecule has 38 heavy (non-hydrogen) atoms. The monoisotopic (exact) mass is 523 g/mol. The standard InChI is InChI=1S/C27H33N5O6/c1-3-4-5-21-26(35)30(14-19-8-11-22-23(12-19)38-17-37-22)15-24-31(21)25(34)16-29(2)32(24)27(36)28-13-18-6-9-20(33)10-7-18/h6-12,21,24,33H,3-5,13-17H2,1-2H3,(H,28,36)/t21-,24?/m0/s1. The van der Waals surface area contributed by atoms with Crippen molar-refractivity contribution in [2.75, 3.05) is 26.9 Å². The summed E-state index contributed by atoms with van der Waals surface area (Å²) in [4.78, 5) is 43.7. The normalized spacial score (nSPS) is 21.1. The fourth-order valence-corrected chi connectivity index (χ4v) is 5.25. The number of hydrogen-bond acceptors (Lipinski definition) is 7. The zero-order chi connectivity index (χ0) is 26.8. The third kappa shape index (κ3) is 5.06. The lowest BCUT2D eigenvalue weighted by Crippen LogP contribution is -2.75. The molecular weight excluding hydrogens is 490 g/mol. The summed E-state index contributed by atoms with van der Waals surface area (Å²) < 4.78 is 10.9. The number of carbonyl (C=O) groups is 3. The van der Waals surface area contributed by atoms with E-state index in [1.807, 2.05) is 25.1 Å². The minimum Gasteiger partial charge on any atom is -0.508 e. The second kappa shape index (κ2) is 10.8. The number of ether oxygens (including phenoxy) is 2. The second-order valence-corrected chi connectivity index (χ2v) is 9.83. The first-order valence-corrected chi connectivity index (χ1v) is 12.9. The van der Waals surface area contributed by atoms with E-state index in [1.54, 1.807) is 51.1 Å². The lowest BCUT2D eigenvalue weighted by molar-refractivity contribution is -0.188. The zero-order valence-electron chi connectivity index (χ0n) is 21.6. The molecule has 4 amide bonds. The molecular formula is C27H33N5O6. The highest BCUT2D eigenvalue weighted by molar-refractivity contribution is 5.91. The number of carbonyl (C=O) groups excluding carboxylic acids is 3. The van der Waals surface area contributed by atoms with Crippen molar-refractivity contribution in [1.82, 2.24) is 25.1 Å². The third-order valence-electron chi connectivity index (χ3n) is 7.17. The van der Waals surface area contributed by atoms with Crippen molar-refractivity contribution in [3.05, 3.63) is 53.6 Å². The molecule has 0 saturated carbocycles. The van der Waals surface area contributed by atoms with Crippen LogP contribution in [0.25, 0.3) is 0 Å². The van der Waals surface area contributed by atoms with Crippen LogP contribution in [0.15, 0.2) is 42.5 Å². The lowest BCUT2D eigenvalue weighted by Gasteiger charge is -2.54. The molecule has 5 rings (SSSR count). The summed E-state index contributed by atoms with van der Waals surface area (Å²) in [7, 11) is 1.70. The minimum absolute atomic E-state index is 0.00119. The van der Waals surface area contributed by atoms with Gasteiger partial charge in [-0.05, 0) is 41.8 Å². The first-order chi connectivity index (χ1) is 18.4. The van der Waals surface area contributed by atoms with Gasteiger partial charge in [0.2, 0.25) is 18.6 Å². The molecule has 11 heteroatoms. The molecule has 2 aromatic rings. The van der Waals surface area contributed by atoms with E-state index in [2.05, 4.69) is 5.32 Å². The van der Waals surface area contributed by atoms with Crippen LogP contribution in [0.5, 0.6) is 17.2 Å². The van der Waals surface area contributed by atoms with E-state index in [1.165, 1.54) is 0 Å². The van der Waals surface area contributed by atoms with Crippen molar-refractivity contribution >= 4 is 17.8 Å². The van der Waals surface area contributed by atoms with Gasteiger partial charge in [-0.1, -0.05) is 38.0 Å². The van der Waals surface area contributed by atoms with E-state index in [9.17, 15) is 19.5 Å². The summed E-state index contributed by atoms with van der Waals surface area (Å²) in [5, 5.41) is 15.6. The Bertz CT molecular complexity index is 1200. The van der Waals surface area contributed by atoms with Gasteiger partial charge < -0.3 is 29.7 Å². The van der Waals surface area contributed by atoms with Crippen molar-refractivity contribution in [3.8, 4) is 17.2 Å². The number of hydrogen-bond donors (Lipinski definition) is 2.